The number of nitrogen functional groups attached to an aromatic ring is 1. The average molecular weight is 358 g/mol. The van der Waals surface area contributed by atoms with E-state index in [9.17, 15) is 9.59 Å². The summed E-state index contributed by atoms with van der Waals surface area (Å²) in [6, 6.07) is 1.95. The number of rotatable bonds is 2. The van der Waals surface area contributed by atoms with Gasteiger partial charge in [-0.1, -0.05) is 26.2 Å². The van der Waals surface area contributed by atoms with Gasteiger partial charge in [-0.15, -0.1) is 0 Å². The number of hydrogen-bond donors (Lipinski definition) is 2. The number of aryl methyl sites for hydroxylation is 1. The van der Waals surface area contributed by atoms with Gasteiger partial charge < -0.3 is 16.0 Å². The SMILES string of the molecule is Cc1cc(NC(=O)C(=O)N2C[C@@H](C)CCC2C2CCCCC2)cnc1N. The number of likely N-dealkylation sites (tertiary alicyclic amines) is 1. The number of nitrogens with zero attached hydrogens (tertiary/aromatic N) is 2. The van der Waals surface area contributed by atoms with Gasteiger partial charge >= 0.3 is 11.8 Å². The maximum Gasteiger partial charge on any atom is 0.313 e. The van der Waals surface area contributed by atoms with Gasteiger partial charge in [0.1, 0.15) is 5.82 Å². The van der Waals surface area contributed by atoms with E-state index in [1.54, 1.807) is 6.07 Å². The highest BCUT2D eigenvalue weighted by Gasteiger charge is 2.37. The third-order valence-electron chi connectivity index (χ3n) is 5.89. The molecule has 1 aliphatic carbocycles. The van der Waals surface area contributed by atoms with Crippen LogP contribution in [0.2, 0.25) is 0 Å². The summed E-state index contributed by atoms with van der Waals surface area (Å²) in [7, 11) is 0. The Balaban J connectivity index is 1.71. The third kappa shape index (κ3) is 4.17. The molecule has 1 aliphatic heterocycles. The van der Waals surface area contributed by atoms with Crippen LogP contribution in [0.3, 0.4) is 0 Å². The van der Waals surface area contributed by atoms with Crippen LogP contribution in [-0.4, -0.2) is 34.3 Å². The molecule has 2 heterocycles. The van der Waals surface area contributed by atoms with Gasteiger partial charge in [0.05, 0.1) is 11.9 Å². The molecule has 1 aromatic heterocycles. The Labute approximate surface area is 155 Å². The fourth-order valence-electron chi connectivity index (χ4n) is 4.38. The van der Waals surface area contributed by atoms with E-state index in [2.05, 4.69) is 17.2 Å². The van der Waals surface area contributed by atoms with E-state index < -0.39 is 11.8 Å². The van der Waals surface area contributed by atoms with E-state index in [-0.39, 0.29) is 6.04 Å². The minimum atomic E-state index is -0.578. The van der Waals surface area contributed by atoms with Crippen LogP contribution in [-0.2, 0) is 9.59 Å². The fourth-order valence-corrected chi connectivity index (χ4v) is 4.38. The number of aromatic nitrogens is 1. The summed E-state index contributed by atoms with van der Waals surface area (Å²) in [5, 5.41) is 2.70. The topological polar surface area (TPSA) is 88.3 Å². The number of carbonyl (C=O) groups is 2. The molecule has 1 unspecified atom stereocenters. The van der Waals surface area contributed by atoms with Crippen molar-refractivity contribution in [2.45, 2.75) is 64.8 Å². The first-order valence-corrected chi connectivity index (χ1v) is 9.79. The van der Waals surface area contributed by atoms with Crippen molar-refractivity contribution >= 4 is 23.3 Å². The standard InChI is InChI=1S/C20H30N4O2/c1-13-8-9-17(15-6-4-3-5-7-15)24(12-13)20(26)19(25)23-16-10-14(2)18(21)22-11-16/h10-11,13,15,17H,3-9,12H2,1-2H3,(H2,21,22)(H,23,25)/t13-,17?/m0/s1. The number of amides is 2. The summed E-state index contributed by atoms with van der Waals surface area (Å²) in [6.07, 6.45) is 9.74. The van der Waals surface area contributed by atoms with Crippen molar-refractivity contribution in [2.75, 3.05) is 17.6 Å². The van der Waals surface area contributed by atoms with Gasteiger partial charge in [0, 0.05) is 12.6 Å². The van der Waals surface area contributed by atoms with Crippen molar-refractivity contribution in [1.29, 1.82) is 0 Å². The molecule has 3 N–H and O–H groups in total. The predicted molar refractivity (Wildman–Crippen MR) is 102 cm³/mol. The van der Waals surface area contributed by atoms with Crippen molar-refractivity contribution in [3.8, 4) is 0 Å². The minimum absolute atomic E-state index is 0.205. The van der Waals surface area contributed by atoms with Crippen molar-refractivity contribution in [2.24, 2.45) is 11.8 Å². The lowest BCUT2D eigenvalue weighted by Crippen LogP contribution is -2.53. The lowest BCUT2D eigenvalue weighted by Gasteiger charge is -2.43. The zero-order chi connectivity index (χ0) is 18.7. The second-order valence-electron chi connectivity index (χ2n) is 7.99. The molecule has 142 valence electrons. The first-order chi connectivity index (χ1) is 12.5. The summed E-state index contributed by atoms with van der Waals surface area (Å²) < 4.78 is 0. The molecule has 3 rings (SSSR count). The summed E-state index contributed by atoms with van der Waals surface area (Å²) in [6.45, 7) is 4.65. The summed E-state index contributed by atoms with van der Waals surface area (Å²) in [4.78, 5) is 31.4. The quantitative estimate of drug-likeness (QED) is 0.795. The molecule has 2 amide bonds. The molecule has 1 aromatic rings. The number of carbonyl (C=O) groups excluding carboxylic acids is 2. The Morgan fingerprint density at radius 1 is 1.19 bits per heavy atom. The molecule has 26 heavy (non-hydrogen) atoms. The second-order valence-corrected chi connectivity index (χ2v) is 7.99. The highest BCUT2D eigenvalue weighted by Crippen LogP contribution is 2.35. The molecule has 2 fully saturated rings. The molecule has 1 saturated heterocycles. The van der Waals surface area contributed by atoms with Gasteiger partial charge in [0.25, 0.3) is 0 Å². The predicted octanol–water partition coefficient (Wildman–Crippen LogP) is 3.12. The van der Waals surface area contributed by atoms with Crippen LogP contribution >= 0.6 is 0 Å². The van der Waals surface area contributed by atoms with E-state index >= 15 is 0 Å². The van der Waals surface area contributed by atoms with E-state index in [0.717, 1.165) is 18.4 Å². The van der Waals surface area contributed by atoms with E-state index in [1.807, 2.05) is 11.8 Å². The Bertz CT molecular complexity index is 670. The summed E-state index contributed by atoms with van der Waals surface area (Å²) >= 11 is 0. The number of nitrogens with two attached hydrogens (primary N) is 1. The molecular weight excluding hydrogens is 328 g/mol. The molecule has 6 heteroatoms. The van der Waals surface area contributed by atoms with Gasteiger partial charge in [-0.2, -0.15) is 0 Å². The Hall–Kier alpha value is -2.11. The van der Waals surface area contributed by atoms with Crippen LogP contribution in [0, 0.1) is 18.8 Å². The summed E-state index contributed by atoms with van der Waals surface area (Å²) in [5.74, 6) is 0.407. The van der Waals surface area contributed by atoms with Crippen LogP contribution in [0.4, 0.5) is 11.5 Å². The van der Waals surface area contributed by atoms with Crippen molar-refractivity contribution < 1.29 is 9.59 Å². The normalized spacial score (nSPS) is 24.3. The van der Waals surface area contributed by atoms with Gasteiger partial charge in [-0.3, -0.25) is 9.59 Å². The Morgan fingerprint density at radius 3 is 2.62 bits per heavy atom. The maximum atomic E-state index is 12.9. The van der Waals surface area contributed by atoms with Crippen LogP contribution < -0.4 is 11.1 Å². The van der Waals surface area contributed by atoms with Gasteiger partial charge in [-0.25, -0.2) is 4.98 Å². The van der Waals surface area contributed by atoms with Crippen LogP contribution in [0.1, 0.15) is 57.4 Å². The molecule has 2 aliphatic rings. The minimum Gasteiger partial charge on any atom is -0.383 e. The zero-order valence-corrected chi connectivity index (χ0v) is 15.8. The monoisotopic (exact) mass is 358 g/mol. The largest absolute Gasteiger partial charge is 0.383 e. The highest BCUT2D eigenvalue weighted by molar-refractivity contribution is 6.39. The smallest absolute Gasteiger partial charge is 0.313 e. The van der Waals surface area contributed by atoms with Crippen LogP contribution in [0.5, 0.6) is 0 Å². The van der Waals surface area contributed by atoms with Gasteiger partial charge in [0.2, 0.25) is 0 Å². The average Bonchev–Trinajstić information content (AvgIpc) is 2.64. The number of anilines is 2. The van der Waals surface area contributed by atoms with Gasteiger partial charge in [-0.05, 0) is 56.1 Å². The molecule has 0 aromatic carbocycles. The number of piperidine rings is 1. The zero-order valence-electron chi connectivity index (χ0n) is 15.8. The van der Waals surface area contributed by atoms with E-state index in [0.29, 0.717) is 29.9 Å². The first kappa shape index (κ1) is 18.7. The van der Waals surface area contributed by atoms with E-state index in [4.69, 9.17) is 5.73 Å². The van der Waals surface area contributed by atoms with Crippen LogP contribution in [0.25, 0.3) is 0 Å². The van der Waals surface area contributed by atoms with Crippen molar-refractivity contribution in [3.63, 3.8) is 0 Å². The molecule has 0 spiro atoms. The first-order valence-electron chi connectivity index (χ1n) is 9.79. The maximum absolute atomic E-state index is 12.9. The lowest BCUT2D eigenvalue weighted by atomic mass is 9.78. The molecular formula is C20H30N4O2. The molecule has 2 atom stereocenters. The molecule has 0 radical (unpaired) electrons. The number of hydrogen-bond acceptors (Lipinski definition) is 4. The second kappa shape index (κ2) is 8.06. The lowest BCUT2D eigenvalue weighted by molar-refractivity contribution is -0.147. The van der Waals surface area contributed by atoms with Gasteiger partial charge in [0.15, 0.2) is 0 Å². The van der Waals surface area contributed by atoms with Crippen LogP contribution in [0.15, 0.2) is 12.3 Å². The fraction of sp³-hybridized carbons (Fsp3) is 0.650. The molecule has 6 nitrogen and oxygen atoms in total. The highest BCUT2D eigenvalue weighted by atomic mass is 16.2. The third-order valence-corrected chi connectivity index (χ3v) is 5.89. The molecule has 1 saturated carbocycles. The number of pyridine rings is 1. The Morgan fingerprint density at radius 2 is 1.92 bits per heavy atom. The van der Waals surface area contributed by atoms with Crippen molar-refractivity contribution in [3.05, 3.63) is 17.8 Å². The van der Waals surface area contributed by atoms with Crippen molar-refractivity contribution in [1.82, 2.24) is 9.88 Å². The molecule has 0 bridgehead atoms. The summed E-state index contributed by atoms with van der Waals surface area (Å²) in [5.41, 5.74) is 7.00. The number of nitrogens with one attached hydrogen (secondary N) is 1. The van der Waals surface area contributed by atoms with E-state index in [1.165, 1.54) is 38.3 Å². The Kier molecular flexibility index (Phi) is 5.79.